The zero-order valence-electron chi connectivity index (χ0n) is 44.4. The minimum absolute atomic E-state index is 0.00236. The number of benzene rings is 6. The first kappa shape index (κ1) is 60.5. The molecular weight excluding hydrogens is 1160 g/mol. The van der Waals surface area contributed by atoms with Crippen LogP contribution in [0.4, 0.5) is 5.82 Å². The zero-order valence-corrected chi connectivity index (χ0v) is 48.6. The lowest BCUT2D eigenvalue weighted by molar-refractivity contribution is -0.214. The molecule has 6 aromatic carbocycles. The van der Waals surface area contributed by atoms with E-state index in [-0.39, 0.29) is 51.9 Å². The van der Waals surface area contributed by atoms with E-state index in [0.717, 1.165) is 27.7 Å². The smallest absolute Gasteiger partial charge is 0.497 e. The highest BCUT2D eigenvalue weighted by atomic mass is 35.5. The predicted molar refractivity (Wildman–Crippen MR) is 309 cm³/mol. The fraction of sp³-hybridized carbons (Fsp3) is 0.293. The molecule has 2 fully saturated rings. The number of amides is 1. The minimum Gasteiger partial charge on any atom is -0.497 e. The van der Waals surface area contributed by atoms with Crippen LogP contribution in [0.25, 0.3) is 0 Å². The van der Waals surface area contributed by atoms with Gasteiger partial charge in [-0.1, -0.05) is 120 Å². The van der Waals surface area contributed by atoms with Crippen LogP contribution in [-0.2, 0) is 47.2 Å². The summed E-state index contributed by atoms with van der Waals surface area (Å²) in [6.45, 7) is -0.301. The van der Waals surface area contributed by atoms with Crippen molar-refractivity contribution in [1.29, 1.82) is 0 Å². The average molecular weight is 1220 g/mol. The van der Waals surface area contributed by atoms with Gasteiger partial charge in [-0.2, -0.15) is 16.7 Å². The average Bonchev–Trinajstić information content (AvgIpc) is 2.46. The van der Waals surface area contributed by atoms with Crippen molar-refractivity contribution >= 4 is 62.3 Å². The van der Waals surface area contributed by atoms with Gasteiger partial charge in [0.15, 0.2) is 12.5 Å². The predicted octanol–water partition coefficient (Wildman–Crippen LogP) is 12.2. The Morgan fingerprint density at radius 3 is 1.91 bits per heavy atom. The molecule has 1 aromatic heterocycles. The maximum absolute atomic E-state index is 15.0. The Kier molecular flexibility index (Phi) is 21.0. The van der Waals surface area contributed by atoms with E-state index in [9.17, 15) is 23.6 Å². The van der Waals surface area contributed by atoms with E-state index in [1.165, 1.54) is 61.5 Å². The van der Waals surface area contributed by atoms with Gasteiger partial charge in [-0.15, -0.1) is 0 Å². The maximum atomic E-state index is 15.0. The van der Waals surface area contributed by atoms with E-state index in [2.05, 4.69) is 10.3 Å². The molecule has 0 saturated carbocycles. The summed E-state index contributed by atoms with van der Waals surface area (Å²) in [7, 11) is -6.81. The minimum atomic E-state index is -5.20. The third-order valence-corrected chi connectivity index (χ3v) is 16.9. The molecule has 2 N–H and O–H groups in total. The molecule has 1 amide bonds. The first-order valence-corrected chi connectivity index (χ1v) is 30.9. The summed E-state index contributed by atoms with van der Waals surface area (Å²) < 4.78 is 96.2. The van der Waals surface area contributed by atoms with E-state index in [1.54, 1.807) is 49.6 Å². The number of rotatable bonds is 27. The van der Waals surface area contributed by atoms with Crippen molar-refractivity contribution in [1.82, 2.24) is 9.55 Å². The highest BCUT2D eigenvalue weighted by Crippen LogP contribution is 2.54. The van der Waals surface area contributed by atoms with Crippen LogP contribution >= 0.6 is 50.6 Å². The molecule has 3 unspecified atom stereocenters. The van der Waals surface area contributed by atoms with Crippen LogP contribution in [0.15, 0.2) is 175 Å². The fourth-order valence-electron chi connectivity index (χ4n) is 9.14. The lowest BCUT2D eigenvalue weighted by atomic mass is 9.80. The summed E-state index contributed by atoms with van der Waals surface area (Å²) >= 11 is 14.3. The maximum Gasteiger partial charge on any atom is 0.530 e. The molecule has 0 bridgehead atoms. The zero-order chi connectivity index (χ0) is 57.5. The van der Waals surface area contributed by atoms with Gasteiger partial charge in [0.05, 0.1) is 44.1 Å². The van der Waals surface area contributed by atoms with Crippen LogP contribution in [0.3, 0.4) is 0 Å². The first-order valence-electron chi connectivity index (χ1n) is 26.0. The van der Waals surface area contributed by atoms with Gasteiger partial charge in [0.25, 0.3) is 5.91 Å². The Morgan fingerprint density at radius 2 is 1.32 bits per heavy atom. The molecule has 19 nitrogen and oxygen atoms in total. The molecule has 2 aliphatic heterocycles. The lowest BCUT2D eigenvalue weighted by Gasteiger charge is -2.36. The van der Waals surface area contributed by atoms with E-state index in [0.29, 0.717) is 36.7 Å². The fourth-order valence-corrected chi connectivity index (χ4v) is 12.6. The number of para-hydroxylation sites is 2. The van der Waals surface area contributed by atoms with Gasteiger partial charge < -0.3 is 42.8 Å². The summed E-state index contributed by atoms with van der Waals surface area (Å²) in [6.07, 6.45) is -3.88. The molecular formula is C58H59Cl2N3O16P2S. The number of aromatic nitrogens is 2. The van der Waals surface area contributed by atoms with Crippen LogP contribution in [0.5, 0.6) is 23.0 Å². The van der Waals surface area contributed by atoms with Crippen molar-refractivity contribution in [2.24, 2.45) is 0 Å². The highest BCUT2D eigenvalue weighted by Gasteiger charge is 2.53. The van der Waals surface area contributed by atoms with E-state index in [1.807, 2.05) is 84.9 Å². The Bertz CT molecular complexity index is 3330. The number of carbonyl (C=O) groups excluding carboxylic acids is 1. The number of anilines is 1. The molecule has 2 aliphatic rings. The molecule has 2 saturated heterocycles. The molecule has 82 heavy (non-hydrogen) atoms. The van der Waals surface area contributed by atoms with Gasteiger partial charge in [0.1, 0.15) is 52.7 Å². The number of thioether (sulfide) groups is 1. The second kappa shape index (κ2) is 28.5. The Labute approximate surface area is 488 Å². The Morgan fingerprint density at radius 1 is 0.732 bits per heavy atom. The Hall–Kier alpha value is -6.06. The number of ether oxygens (including phenoxy) is 6. The van der Waals surface area contributed by atoms with Crippen LogP contribution in [0.2, 0.25) is 10.0 Å². The standard InChI is InChI=1S/C58H59Cl2N3O16P2S/c1-69-44-28-24-40(25-29-44)55(64)61-51-32-33-63(57(65)62-51)56-54(76-52-23-13-14-34-71-52)53(79-80(66,67)77-48-21-11-9-19-46(48)59)50(75-56)39-74-81(68,78-49-22-12-10-20-47(49)60)73-36-38-82-37-35-72-58(41-15-5-3-6-16-41,42-17-7-4-8-18-42)43-26-30-45(70-2)31-27-43/h3-12,15-22,24-33,50,52-54,56H,13-14,23,34-39H2,1-2H3,(H,66,67)(H,61,62,64,65)/t50-,52?,53-,54-,56-,81?/m1/s1. The molecule has 0 spiro atoms. The number of halogens is 2. The van der Waals surface area contributed by atoms with Gasteiger partial charge in [0.2, 0.25) is 0 Å². The number of hydrogen-bond donors (Lipinski definition) is 2. The van der Waals surface area contributed by atoms with Crippen molar-refractivity contribution in [2.75, 3.05) is 57.5 Å². The van der Waals surface area contributed by atoms with Crippen molar-refractivity contribution in [3.63, 3.8) is 0 Å². The molecule has 24 heteroatoms. The molecule has 3 heterocycles. The Balaban J connectivity index is 0.956. The summed E-state index contributed by atoms with van der Waals surface area (Å²) in [5.74, 6) is 1.11. The third-order valence-electron chi connectivity index (χ3n) is 13.1. The number of phosphoric ester groups is 2. The molecule has 7 aromatic rings. The van der Waals surface area contributed by atoms with Crippen molar-refractivity contribution in [3.05, 3.63) is 213 Å². The van der Waals surface area contributed by atoms with Crippen LogP contribution < -0.4 is 29.5 Å². The van der Waals surface area contributed by atoms with Crippen LogP contribution in [-0.4, -0.2) is 97.1 Å². The van der Waals surface area contributed by atoms with E-state index in [4.69, 9.17) is 74.2 Å². The summed E-state index contributed by atoms with van der Waals surface area (Å²) in [5, 5.41) is 2.70. The molecule has 432 valence electrons. The van der Waals surface area contributed by atoms with Crippen LogP contribution in [0, 0.1) is 0 Å². The normalized spacial score (nSPS) is 19.5. The lowest BCUT2D eigenvalue weighted by Crippen LogP contribution is -2.42. The van der Waals surface area contributed by atoms with Crippen molar-refractivity contribution in [2.45, 2.75) is 55.7 Å². The number of hydrogen-bond acceptors (Lipinski definition) is 17. The van der Waals surface area contributed by atoms with Crippen molar-refractivity contribution < 1.29 is 69.9 Å². The van der Waals surface area contributed by atoms with Gasteiger partial charge in [-0.3, -0.25) is 27.8 Å². The number of phosphoric acid groups is 2. The van der Waals surface area contributed by atoms with Gasteiger partial charge in [-0.25, -0.2) is 13.9 Å². The summed E-state index contributed by atoms with van der Waals surface area (Å²) in [4.78, 5) is 42.8. The second-order valence-corrected chi connectivity index (χ2v) is 23.4. The van der Waals surface area contributed by atoms with Crippen molar-refractivity contribution in [3.8, 4) is 23.0 Å². The monoisotopic (exact) mass is 1220 g/mol. The van der Waals surface area contributed by atoms with Gasteiger partial charge in [-0.05, 0) is 103 Å². The van der Waals surface area contributed by atoms with Crippen LogP contribution in [0.1, 0.15) is 52.5 Å². The quantitative estimate of drug-likeness (QED) is 0.0278. The first-order chi connectivity index (χ1) is 39.8. The van der Waals surface area contributed by atoms with Gasteiger partial charge in [0, 0.05) is 29.9 Å². The number of methoxy groups -OCH3 is 2. The molecule has 7 atom stereocenters. The molecule has 0 radical (unpaired) electrons. The second-order valence-electron chi connectivity index (χ2n) is 18.4. The third kappa shape index (κ3) is 15.4. The SMILES string of the molecule is COc1ccc(C(=O)Nc2ccn([C@@H]3O[C@H](COP(=O)(OCCSCCOC(c4ccccc4)(c4ccccc4)c4ccc(OC)cc4)Oc4ccccc4Cl)[C@@H](OP(=O)(O)Oc4ccccc4Cl)[C@H]3OC3CCCCO3)c(=O)n2)cc1. The number of nitrogens with zero attached hydrogens (tertiary/aromatic N) is 2. The largest absolute Gasteiger partial charge is 0.530 e. The van der Waals surface area contributed by atoms with E-state index < -0.39 is 70.3 Å². The van der Waals surface area contributed by atoms with E-state index >= 15 is 0 Å². The molecule has 9 rings (SSSR count). The summed E-state index contributed by atoms with van der Waals surface area (Å²) in [5.41, 5.74) is 1.07. The highest BCUT2D eigenvalue weighted by molar-refractivity contribution is 7.99. The number of carbonyl (C=O) groups is 1. The topological polar surface area (TPSA) is 220 Å². The summed E-state index contributed by atoms with van der Waals surface area (Å²) in [6, 6.07) is 47.5. The number of nitrogens with one attached hydrogen (secondary N) is 1. The van der Waals surface area contributed by atoms with Gasteiger partial charge >= 0.3 is 21.3 Å². The molecule has 0 aliphatic carbocycles.